The Hall–Kier alpha value is 0.100. The van der Waals surface area contributed by atoms with Gasteiger partial charge in [-0.2, -0.15) is 0 Å². The third-order valence-electron chi connectivity index (χ3n) is 2.16. The number of hydrogen-bond acceptors (Lipinski definition) is 2. The minimum atomic E-state index is 1.22. The molecule has 4 heteroatoms. The first kappa shape index (κ1) is 12.6. The van der Waals surface area contributed by atoms with Crippen LogP contribution in [0.15, 0.2) is 19.7 Å². The molecular formula is C12H10Br2S2. The molecule has 0 aliphatic carbocycles. The number of halogens is 2. The Bertz CT molecular complexity index is 448. The van der Waals surface area contributed by atoms with Crippen LogP contribution in [0.2, 0.25) is 0 Å². The van der Waals surface area contributed by atoms with Crippen molar-refractivity contribution in [2.45, 2.75) is 13.8 Å². The molecule has 0 unspecified atom stereocenters. The maximum absolute atomic E-state index is 3.54. The number of thiophene rings is 2. The Morgan fingerprint density at radius 1 is 0.875 bits per heavy atom. The van der Waals surface area contributed by atoms with Gasteiger partial charge in [0.05, 0.1) is 7.57 Å². The molecule has 0 atom stereocenters. The first-order valence-corrected chi connectivity index (χ1v) is 7.98. The van der Waals surface area contributed by atoms with Gasteiger partial charge in [0.15, 0.2) is 0 Å². The van der Waals surface area contributed by atoms with Crippen molar-refractivity contribution in [3.8, 4) is 0 Å². The molecule has 84 valence electrons. The van der Waals surface area contributed by atoms with Crippen LogP contribution in [0, 0.1) is 13.8 Å². The van der Waals surface area contributed by atoms with Gasteiger partial charge in [0.2, 0.25) is 0 Å². The maximum atomic E-state index is 3.54. The molecule has 16 heavy (non-hydrogen) atoms. The Balaban J connectivity index is 2.20. The van der Waals surface area contributed by atoms with E-state index in [9.17, 15) is 0 Å². The summed E-state index contributed by atoms with van der Waals surface area (Å²) in [4.78, 5) is 2.57. The van der Waals surface area contributed by atoms with Crippen molar-refractivity contribution in [3.63, 3.8) is 0 Å². The molecule has 2 rings (SSSR count). The largest absolute Gasteiger partial charge is 0.129 e. The zero-order chi connectivity index (χ0) is 11.7. The highest BCUT2D eigenvalue weighted by atomic mass is 79.9. The van der Waals surface area contributed by atoms with Crippen LogP contribution in [0.1, 0.15) is 20.9 Å². The summed E-state index contributed by atoms with van der Waals surface area (Å²) >= 11 is 10.6. The maximum Gasteiger partial charge on any atom is 0.0733 e. The minimum absolute atomic E-state index is 1.22. The van der Waals surface area contributed by atoms with Gasteiger partial charge in [-0.15, -0.1) is 22.7 Å². The van der Waals surface area contributed by atoms with E-state index in [1.807, 2.05) is 0 Å². The molecule has 0 aliphatic rings. The van der Waals surface area contributed by atoms with Crippen molar-refractivity contribution in [2.75, 3.05) is 0 Å². The van der Waals surface area contributed by atoms with E-state index in [0.29, 0.717) is 0 Å². The van der Waals surface area contributed by atoms with Gasteiger partial charge in [0.1, 0.15) is 0 Å². The smallest absolute Gasteiger partial charge is 0.0733 e. The van der Waals surface area contributed by atoms with E-state index in [1.165, 1.54) is 28.5 Å². The van der Waals surface area contributed by atoms with Crippen molar-refractivity contribution in [3.05, 3.63) is 40.6 Å². The van der Waals surface area contributed by atoms with E-state index < -0.39 is 0 Å². The van der Waals surface area contributed by atoms with E-state index >= 15 is 0 Å². The van der Waals surface area contributed by atoms with Gasteiger partial charge in [-0.05, 0) is 81.1 Å². The van der Waals surface area contributed by atoms with Crippen LogP contribution < -0.4 is 0 Å². The summed E-state index contributed by atoms with van der Waals surface area (Å²) in [6.45, 7) is 4.23. The zero-order valence-electron chi connectivity index (χ0n) is 8.88. The number of hydrogen-bond donors (Lipinski definition) is 0. The minimum Gasteiger partial charge on any atom is -0.129 e. The van der Waals surface area contributed by atoms with Gasteiger partial charge in [0, 0.05) is 9.75 Å². The van der Waals surface area contributed by atoms with Gasteiger partial charge in [-0.1, -0.05) is 0 Å². The Morgan fingerprint density at radius 3 is 1.50 bits per heavy atom. The fourth-order valence-electron chi connectivity index (χ4n) is 1.30. The van der Waals surface area contributed by atoms with E-state index in [4.69, 9.17) is 0 Å². The fourth-order valence-corrected chi connectivity index (χ4v) is 4.24. The molecule has 0 radical (unpaired) electrons. The van der Waals surface area contributed by atoms with Crippen LogP contribution in [-0.2, 0) is 0 Å². The molecule has 0 N–H and O–H groups in total. The first-order chi connectivity index (χ1) is 7.56. The van der Waals surface area contributed by atoms with E-state index in [-0.39, 0.29) is 0 Å². The molecule has 0 aromatic carbocycles. The van der Waals surface area contributed by atoms with Crippen LogP contribution in [-0.4, -0.2) is 0 Å². The SMILES string of the molecule is Cc1cc(C=Cc2cc(C)c(Br)s2)sc1Br. The second-order valence-electron chi connectivity index (χ2n) is 3.54. The van der Waals surface area contributed by atoms with E-state index in [2.05, 4.69) is 70.0 Å². The van der Waals surface area contributed by atoms with Crippen molar-refractivity contribution < 1.29 is 0 Å². The zero-order valence-corrected chi connectivity index (χ0v) is 13.7. The normalized spacial score (nSPS) is 11.5. The summed E-state index contributed by atoms with van der Waals surface area (Å²) < 4.78 is 2.44. The van der Waals surface area contributed by atoms with Gasteiger partial charge >= 0.3 is 0 Å². The quantitative estimate of drug-likeness (QED) is 0.591. The highest BCUT2D eigenvalue weighted by Gasteiger charge is 2.01. The highest BCUT2D eigenvalue weighted by Crippen LogP contribution is 2.31. The molecule has 0 fully saturated rings. The fraction of sp³-hybridized carbons (Fsp3) is 0.167. The lowest BCUT2D eigenvalue weighted by Gasteiger charge is -1.83. The van der Waals surface area contributed by atoms with Crippen molar-refractivity contribution in [1.82, 2.24) is 0 Å². The summed E-state index contributed by atoms with van der Waals surface area (Å²) in [6, 6.07) is 4.39. The van der Waals surface area contributed by atoms with Crippen LogP contribution >= 0.6 is 54.5 Å². The second kappa shape index (κ2) is 5.17. The molecule has 0 bridgehead atoms. The lowest BCUT2D eigenvalue weighted by Crippen LogP contribution is -1.61. The Labute approximate surface area is 120 Å². The summed E-state index contributed by atoms with van der Waals surface area (Å²) in [5, 5.41) is 0. The molecule has 2 aromatic rings. The van der Waals surface area contributed by atoms with Crippen molar-refractivity contribution >= 4 is 66.7 Å². The van der Waals surface area contributed by atoms with Gasteiger partial charge in [-0.3, -0.25) is 0 Å². The van der Waals surface area contributed by atoms with Crippen molar-refractivity contribution in [1.29, 1.82) is 0 Å². The Morgan fingerprint density at radius 2 is 1.25 bits per heavy atom. The predicted octanol–water partition coefficient (Wildman–Crippen LogP) is 6.12. The molecular weight excluding hydrogens is 368 g/mol. The van der Waals surface area contributed by atoms with Crippen LogP contribution in [0.5, 0.6) is 0 Å². The first-order valence-electron chi connectivity index (χ1n) is 4.76. The molecule has 0 aliphatic heterocycles. The van der Waals surface area contributed by atoms with Gasteiger partial charge in [-0.25, -0.2) is 0 Å². The average molecular weight is 378 g/mol. The standard InChI is InChI=1S/C12H10Br2S2/c1-7-5-9(15-11(7)13)3-4-10-6-8(2)12(14)16-10/h3-6H,1-2H3. The summed E-state index contributed by atoms with van der Waals surface area (Å²) in [6.07, 6.45) is 4.33. The summed E-state index contributed by atoms with van der Waals surface area (Å²) in [5.41, 5.74) is 2.60. The van der Waals surface area contributed by atoms with Crippen molar-refractivity contribution in [2.24, 2.45) is 0 Å². The molecule has 0 nitrogen and oxygen atoms in total. The third kappa shape index (κ3) is 2.86. The van der Waals surface area contributed by atoms with Crippen LogP contribution in [0.25, 0.3) is 12.2 Å². The van der Waals surface area contributed by atoms with E-state index in [0.717, 1.165) is 0 Å². The van der Waals surface area contributed by atoms with Gasteiger partial charge < -0.3 is 0 Å². The molecule has 0 spiro atoms. The Kier molecular flexibility index (Phi) is 4.06. The lowest BCUT2D eigenvalue weighted by molar-refractivity contribution is 1.52. The predicted molar refractivity (Wildman–Crippen MR) is 82.4 cm³/mol. The molecule has 0 saturated carbocycles. The molecule has 0 saturated heterocycles. The third-order valence-corrected chi connectivity index (χ3v) is 6.37. The summed E-state index contributed by atoms with van der Waals surface area (Å²) in [5.74, 6) is 0. The lowest BCUT2D eigenvalue weighted by atomic mass is 10.3. The van der Waals surface area contributed by atoms with Crippen LogP contribution in [0.4, 0.5) is 0 Å². The van der Waals surface area contributed by atoms with Crippen LogP contribution in [0.3, 0.4) is 0 Å². The molecule has 2 aromatic heterocycles. The number of aryl methyl sites for hydroxylation is 2. The second-order valence-corrected chi connectivity index (χ2v) is 8.35. The molecule has 0 amide bonds. The monoisotopic (exact) mass is 376 g/mol. The average Bonchev–Trinajstić information content (AvgIpc) is 2.70. The topological polar surface area (TPSA) is 0 Å². The molecule has 2 heterocycles. The summed E-state index contributed by atoms with van der Waals surface area (Å²) in [7, 11) is 0. The highest BCUT2D eigenvalue weighted by molar-refractivity contribution is 9.11. The van der Waals surface area contributed by atoms with E-state index in [1.54, 1.807) is 22.7 Å². The number of rotatable bonds is 2. The van der Waals surface area contributed by atoms with Gasteiger partial charge in [0.25, 0.3) is 0 Å².